The number of H-pyrrole nitrogens is 1. The lowest BCUT2D eigenvalue weighted by Gasteiger charge is -2.35. The molecule has 1 N–H and O–H groups in total. The summed E-state index contributed by atoms with van der Waals surface area (Å²) in [7, 11) is 3.01. The summed E-state index contributed by atoms with van der Waals surface area (Å²) >= 11 is 0. The van der Waals surface area contributed by atoms with Crippen LogP contribution in [0.1, 0.15) is 43.0 Å². The maximum Gasteiger partial charge on any atom is 0.240 e. The summed E-state index contributed by atoms with van der Waals surface area (Å²) in [6.45, 7) is 1.15. The Hall–Kier alpha value is -3.68. The van der Waals surface area contributed by atoms with Gasteiger partial charge < -0.3 is 14.6 Å². The van der Waals surface area contributed by atoms with E-state index in [9.17, 15) is 14.4 Å². The van der Waals surface area contributed by atoms with Crippen molar-refractivity contribution in [1.82, 2.24) is 19.8 Å². The molecule has 2 aromatic carbocycles. The highest BCUT2D eigenvalue weighted by atomic mass is 16.5. The molecule has 3 aromatic rings. The average molecular weight is 461 g/mol. The van der Waals surface area contributed by atoms with Gasteiger partial charge in [-0.15, -0.1) is 0 Å². The molecule has 8 heteroatoms. The van der Waals surface area contributed by atoms with E-state index < -0.39 is 5.41 Å². The van der Waals surface area contributed by atoms with Crippen LogP contribution in [0.2, 0.25) is 0 Å². The number of rotatable bonds is 5. The van der Waals surface area contributed by atoms with Gasteiger partial charge in [-0.1, -0.05) is 30.3 Å². The fourth-order valence-corrected chi connectivity index (χ4v) is 5.33. The van der Waals surface area contributed by atoms with Crippen LogP contribution in [0.5, 0.6) is 5.75 Å². The summed E-state index contributed by atoms with van der Waals surface area (Å²) < 4.78 is 5.51. The zero-order valence-electron chi connectivity index (χ0n) is 19.4. The van der Waals surface area contributed by atoms with Crippen molar-refractivity contribution in [3.05, 3.63) is 59.9 Å². The van der Waals surface area contributed by atoms with Gasteiger partial charge in [0.2, 0.25) is 17.7 Å². The first-order valence-corrected chi connectivity index (χ1v) is 11.6. The van der Waals surface area contributed by atoms with Crippen LogP contribution < -0.4 is 4.74 Å². The van der Waals surface area contributed by atoms with Crippen LogP contribution in [0, 0.1) is 0 Å². The molecule has 3 heterocycles. The molecule has 0 unspecified atom stereocenters. The number of aromatic amines is 1. The maximum absolute atomic E-state index is 13.6. The molecular formula is C26H28N4O4. The van der Waals surface area contributed by atoms with E-state index in [-0.39, 0.29) is 36.5 Å². The first-order valence-electron chi connectivity index (χ1n) is 11.6. The van der Waals surface area contributed by atoms with E-state index in [2.05, 4.69) is 4.98 Å². The van der Waals surface area contributed by atoms with Crippen LogP contribution >= 0.6 is 0 Å². The second-order valence-corrected chi connectivity index (χ2v) is 9.21. The summed E-state index contributed by atoms with van der Waals surface area (Å²) in [5.74, 6) is 0.693. The number of imidazole rings is 1. The Bertz CT molecular complexity index is 1240. The Labute approximate surface area is 197 Å². The van der Waals surface area contributed by atoms with E-state index in [1.54, 1.807) is 18.2 Å². The number of hydrogen-bond donors (Lipinski definition) is 1. The summed E-state index contributed by atoms with van der Waals surface area (Å²) in [5, 5.41) is 0. The van der Waals surface area contributed by atoms with Gasteiger partial charge >= 0.3 is 0 Å². The fourth-order valence-electron chi connectivity index (χ4n) is 5.33. The van der Waals surface area contributed by atoms with E-state index in [0.717, 1.165) is 34.6 Å². The number of carbonyl (C=O) groups is 3. The second-order valence-electron chi connectivity index (χ2n) is 9.21. The lowest BCUT2D eigenvalue weighted by molar-refractivity contribution is -0.142. The SMILES string of the molecule is COc1ccccc1[C@@]1(CC(=O)N2CCC[C@@H](c3nc4ccccc4[nH]3)C2)CC(=O)N(C)C1=O. The zero-order valence-corrected chi connectivity index (χ0v) is 19.4. The van der Waals surface area contributed by atoms with E-state index in [1.165, 1.54) is 14.2 Å². The number of likely N-dealkylation sites (tertiary alicyclic amines) is 2. The van der Waals surface area contributed by atoms with Gasteiger partial charge in [0, 0.05) is 44.5 Å². The molecule has 176 valence electrons. The number of amides is 3. The predicted molar refractivity (Wildman–Crippen MR) is 126 cm³/mol. The number of hydrogen-bond acceptors (Lipinski definition) is 5. The van der Waals surface area contributed by atoms with Crippen LogP contribution in [-0.4, -0.2) is 64.7 Å². The number of nitrogens with one attached hydrogen (secondary N) is 1. The third kappa shape index (κ3) is 3.63. The number of likely N-dealkylation sites (N-methyl/N-ethyl adjacent to an activating group) is 1. The number of piperidine rings is 1. The number of methoxy groups -OCH3 is 1. The third-order valence-corrected chi connectivity index (χ3v) is 7.19. The molecule has 0 aliphatic carbocycles. The van der Waals surface area contributed by atoms with Crippen molar-refractivity contribution < 1.29 is 19.1 Å². The molecule has 2 aliphatic rings. The number of aromatic nitrogens is 2. The lowest BCUT2D eigenvalue weighted by Crippen LogP contribution is -2.45. The minimum Gasteiger partial charge on any atom is -0.496 e. The molecule has 2 aliphatic heterocycles. The van der Waals surface area contributed by atoms with Gasteiger partial charge in [0.25, 0.3) is 0 Å². The zero-order chi connectivity index (χ0) is 23.9. The summed E-state index contributed by atoms with van der Waals surface area (Å²) in [6, 6.07) is 15.0. The summed E-state index contributed by atoms with van der Waals surface area (Å²) in [5.41, 5.74) is 1.21. The van der Waals surface area contributed by atoms with Gasteiger partial charge in [-0.3, -0.25) is 19.3 Å². The highest BCUT2D eigenvalue weighted by Gasteiger charge is 2.54. The van der Waals surface area contributed by atoms with Crippen LogP contribution in [-0.2, 0) is 19.8 Å². The second kappa shape index (κ2) is 8.59. The number of nitrogens with zero attached hydrogens (tertiary/aromatic N) is 3. The van der Waals surface area contributed by atoms with Crippen molar-refractivity contribution in [2.75, 3.05) is 27.2 Å². The average Bonchev–Trinajstić information content (AvgIpc) is 3.40. The molecular weight excluding hydrogens is 432 g/mol. The third-order valence-electron chi connectivity index (χ3n) is 7.19. The Morgan fingerprint density at radius 1 is 1.18 bits per heavy atom. The molecule has 0 bridgehead atoms. The van der Waals surface area contributed by atoms with Crippen LogP contribution in [0.15, 0.2) is 48.5 Å². The molecule has 0 saturated carbocycles. The monoisotopic (exact) mass is 460 g/mol. The molecule has 2 saturated heterocycles. The number of benzene rings is 2. The highest BCUT2D eigenvalue weighted by molar-refractivity contribution is 6.10. The van der Waals surface area contributed by atoms with Gasteiger partial charge in [-0.2, -0.15) is 0 Å². The molecule has 0 spiro atoms. The molecule has 2 fully saturated rings. The number of para-hydroxylation sites is 3. The predicted octanol–water partition coefficient (Wildman–Crippen LogP) is 2.99. The van der Waals surface area contributed by atoms with Crippen molar-refractivity contribution in [1.29, 1.82) is 0 Å². The maximum atomic E-state index is 13.6. The van der Waals surface area contributed by atoms with Crippen molar-refractivity contribution in [2.45, 2.75) is 37.0 Å². The number of carbonyl (C=O) groups excluding carboxylic acids is 3. The Morgan fingerprint density at radius 2 is 1.94 bits per heavy atom. The summed E-state index contributed by atoms with van der Waals surface area (Å²) in [4.78, 5) is 50.6. The van der Waals surface area contributed by atoms with E-state index >= 15 is 0 Å². The molecule has 1 aromatic heterocycles. The Balaban J connectivity index is 1.42. The fraction of sp³-hybridized carbons (Fsp3) is 0.385. The van der Waals surface area contributed by atoms with Gasteiger partial charge in [-0.05, 0) is 31.0 Å². The van der Waals surface area contributed by atoms with Crippen LogP contribution in [0.3, 0.4) is 0 Å². The lowest BCUT2D eigenvalue weighted by atomic mass is 9.75. The quantitative estimate of drug-likeness (QED) is 0.591. The number of fused-ring (bicyclic) bond motifs is 1. The van der Waals surface area contributed by atoms with Crippen LogP contribution in [0.4, 0.5) is 0 Å². The highest BCUT2D eigenvalue weighted by Crippen LogP contribution is 2.44. The van der Waals surface area contributed by atoms with Gasteiger partial charge in [0.15, 0.2) is 0 Å². The normalized spacial score (nSPS) is 23.1. The van der Waals surface area contributed by atoms with Crippen LogP contribution in [0.25, 0.3) is 11.0 Å². The van der Waals surface area contributed by atoms with Crippen molar-refractivity contribution in [3.63, 3.8) is 0 Å². The van der Waals surface area contributed by atoms with E-state index in [4.69, 9.17) is 9.72 Å². The molecule has 0 radical (unpaired) electrons. The number of ether oxygens (including phenoxy) is 1. The standard InChI is InChI=1S/C26H28N4O4/c1-29-22(31)14-26(25(29)33,18-9-3-6-12-21(18)34-2)15-23(32)30-13-7-8-17(16-30)24-27-19-10-4-5-11-20(19)28-24/h3-6,9-12,17H,7-8,13-16H2,1-2H3,(H,27,28)/t17-,26+/m1/s1. The van der Waals surface area contributed by atoms with Gasteiger partial charge in [0.05, 0.1) is 23.6 Å². The summed E-state index contributed by atoms with van der Waals surface area (Å²) in [6.07, 6.45) is 1.66. The minimum absolute atomic E-state index is 0.0463. The molecule has 8 nitrogen and oxygen atoms in total. The van der Waals surface area contributed by atoms with Gasteiger partial charge in [0.1, 0.15) is 11.6 Å². The van der Waals surface area contributed by atoms with Crippen molar-refractivity contribution in [2.24, 2.45) is 0 Å². The van der Waals surface area contributed by atoms with Gasteiger partial charge in [-0.25, -0.2) is 4.98 Å². The smallest absolute Gasteiger partial charge is 0.240 e. The van der Waals surface area contributed by atoms with Crippen molar-refractivity contribution in [3.8, 4) is 5.75 Å². The first kappa shape index (κ1) is 22.1. The molecule has 34 heavy (non-hydrogen) atoms. The first-order chi connectivity index (χ1) is 16.4. The Morgan fingerprint density at radius 3 is 2.68 bits per heavy atom. The minimum atomic E-state index is -1.26. The molecule has 2 atom stereocenters. The molecule has 5 rings (SSSR count). The van der Waals surface area contributed by atoms with E-state index in [1.807, 2.05) is 35.2 Å². The largest absolute Gasteiger partial charge is 0.496 e. The van der Waals surface area contributed by atoms with E-state index in [0.29, 0.717) is 24.4 Å². The topological polar surface area (TPSA) is 95.6 Å². The molecule has 3 amide bonds. The van der Waals surface area contributed by atoms with Crippen molar-refractivity contribution >= 4 is 28.8 Å². The Kier molecular flexibility index (Phi) is 5.59. The number of imide groups is 1.